The van der Waals surface area contributed by atoms with Crippen LogP contribution in [0.15, 0.2) is 71.6 Å². The minimum atomic E-state index is -4.00. The van der Waals surface area contributed by atoms with Crippen LogP contribution in [0.5, 0.6) is 5.75 Å². The van der Waals surface area contributed by atoms with E-state index in [9.17, 15) is 18.5 Å². The van der Waals surface area contributed by atoms with E-state index >= 15 is 0 Å². The maximum atomic E-state index is 12.3. The molecule has 0 aliphatic carbocycles. The van der Waals surface area contributed by atoms with Crippen LogP contribution in [0.3, 0.4) is 0 Å². The zero-order valence-electron chi connectivity index (χ0n) is 13.7. The molecule has 134 valence electrons. The molecule has 0 spiro atoms. The van der Waals surface area contributed by atoms with Crippen LogP contribution in [0, 0.1) is 10.1 Å². The Kier molecular flexibility index (Phi) is 5.15. The summed E-state index contributed by atoms with van der Waals surface area (Å²) in [7, 11) is -4.00. The Morgan fingerprint density at radius 2 is 1.65 bits per heavy atom. The highest BCUT2D eigenvalue weighted by molar-refractivity contribution is 7.89. The first-order valence-electron chi connectivity index (χ1n) is 7.82. The van der Waals surface area contributed by atoms with Crippen molar-refractivity contribution < 1.29 is 18.1 Å². The number of nitrogens with one attached hydrogen (secondary N) is 1. The van der Waals surface area contributed by atoms with Crippen LogP contribution in [0.25, 0.3) is 10.8 Å². The number of fused-ring (bicyclic) bond motifs is 1. The van der Waals surface area contributed by atoms with E-state index in [0.717, 1.165) is 16.8 Å². The van der Waals surface area contributed by atoms with Gasteiger partial charge in [0.1, 0.15) is 12.4 Å². The molecule has 0 aromatic heterocycles. The number of nitrogens with zero attached hydrogens (tertiary/aromatic N) is 1. The van der Waals surface area contributed by atoms with Crippen LogP contribution in [-0.4, -0.2) is 26.5 Å². The summed E-state index contributed by atoms with van der Waals surface area (Å²) in [6.07, 6.45) is 0. The number of hydrogen-bond donors (Lipinski definition) is 1. The Balaban J connectivity index is 1.63. The summed E-state index contributed by atoms with van der Waals surface area (Å²) < 4.78 is 32.4. The summed E-state index contributed by atoms with van der Waals surface area (Å²) >= 11 is 0. The predicted molar refractivity (Wildman–Crippen MR) is 97.7 cm³/mol. The largest absolute Gasteiger partial charge is 0.492 e. The smallest absolute Gasteiger partial charge is 0.289 e. The molecule has 3 rings (SSSR count). The van der Waals surface area contributed by atoms with Gasteiger partial charge in [-0.2, -0.15) is 0 Å². The molecule has 0 heterocycles. The van der Waals surface area contributed by atoms with E-state index in [4.69, 9.17) is 4.74 Å². The Labute approximate surface area is 150 Å². The van der Waals surface area contributed by atoms with Crippen molar-refractivity contribution in [3.8, 4) is 5.75 Å². The highest BCUT2D eigenvalue weighted by Crippen LogP contribution is 2.23. The van der Waals surface area contributed by atoms with Crippen LogP contribution < -0.4 is 9.46 Å². The standard InChI is InChI=1S/C18H16N2O5S/c21-20(22)17-7-3-4-8-18(17)26(23,24)19-11-12-25-16-10-9-14-5-1-2-6-15(14)13-16/h1-10,13,19H,11-12H2. The molecule has 0 saturated carbocycles. The fourth-order valence-electron chi connectivity index (χ4n) is 2.52. The SMILES string of the molecule is O=[N+]([O-])c1ccccc1S(=O)(=O)NCCOc1ccc2ccccc2c1. The number of ether oxygens (including phenoxy) is 1. The van der Waals surface area contributed by atoms with E-state index in [2.05, 4.69) is 4.72 Å². The molecule has 8 heteroatoms. The van der Waals surface area contributed by atoms with Crippen molar-refractivity contribution in [1.29, 1.82) is 0 Å². The van der Waals surface area contributed by atoms with Gasteiger partial charge in [0.2, 0.25) is 10.0 Å². The van der Waals surface area contributed by atoms with Crippen LogP contribution in [0.2, 0.25) is 0 Å². The molecular weight excluding hydrogens is 356 g/mol. The van der Waals surface area contributed by atoms with Gasteiger partial charge in [0.05, 0.1) is 4.92 Å². The number of nitro groups is 1. The van der Waals surface area contributed by atoms with Crippen molar-refractivity contribution in [2.24, 2.45) is 0 Å². The third kappa shape index (κ3) is 3.98. The quantitative estimate of drug-likeness (QED) is 0.390. The molecule has 1 N–H and O–H groups in total. The summed E-state index contributed by atoms with van der Waals surface area (Å²) in [6, 6.07) is 18.6. The Morgan fingerprint density at radius 3 is 2.42 bits per heavy atom. The zero-order chi connectivity index (χ0) is 18.6. The number of hydrogen-bond acceptors (Lipinski definition) is 5. The minimum Gasteiger partial charge on any atom is -0.492 e. The van der Waals surface area contributed by atoms with E-state index in [1.807, 2.05) is 36.4 Å². The molecule has 0 aliphatic heterocycles. The van der Waals surface area contributed by atoms with Crippen molar-refractivity contribution in [2.75, 3.05) is 13.2 Å². The minimum absolute atomic E-state index is 0.0127. The van der Waals surface area contributed by atoms with E-state index in [1.54, 1.807) is 6.07 Å². The second-order valence-electron chi connectivity index (χ2n) is 5.48. The Hall–Kier alpha value is -2.97. The average Bonchev–Trinajstić information content (AvgIpc) is 2.65. The molecule has 0 aliphatic rings. The molecule has 0 amide bonds. The highest BCUT2D eigenvalue weighted by Gasteiger charge is 2.24. The van der Waals surface area contributed by atoms with Gasteiger partial charge in [-0.1, -0.05) is 42.5 Å². The average molecular weight is 372 g/mol. The van der Waals surface area contributed by atoms with Crippen molar-refractivity contribution in [3.05, 3.63) is 76.8 Å². The van der Waals surface area contributed by atoms with Crippen LogP contribution in [0.4, 0.5) is 5.69 Å². The topological polar surface area (TPSA) is 98.5 Å². The lowest BCUT2D eigenvalue weighted by atomic mass is 10.1. The highest BCUT2D eigenvalue weighted by atomic mass is 32.2. The molecule has 0 atom stereocenters. The molecule has 0 saturated heterocycles. The van der Waals surface area contributed by atoms with Gasteiger partial charge in [-0.05, 0) is 29.0 Å². The second-order valence-corrected chi connectivity index (χ2v) is 7.22. The fraction of sp³-hybridized carbons (Fsp3) is 0.111. The summed E-state index contributed by atoms with van der Waals surface area (Å²) in [4.78, 5) is 9.89. The third-order valence-corrected chi connectivity index (χ3v) is 5.24. The number of para-hydroxylation sites is 1. The Morgan fingerprint density at radius 1 is 0.962 bits per heavy atom. The van der Waals surface area contributed by atoms with E-state index in [1.165, 1.54) is 18.2 Å². The molecule has 0 unspecified atom stereocenters. The van der Waals surface area contributed by atoms with E-state index in [0.29, 0.717) is 5.75 Å². The zero-order valence-corrected chi connectivity index (χ0v) is 14.5. The first-order chi connectivity index (χ1) is 12.5. The van der Waals surface area contributed by atoms with Crippen molar-refractivity contribution in [2.45, 2.75) is 4.90 Å². The normalized spacial score (nSPS) is 11.4. The summed E-state index contributed by atoms with van der Waals surface area (Å²) in [6.45, 7) is 0.0827. The first kappa shape index (κ1) is 17.8. The lowest BCUT2D eigenvalue weighted by Crippen LogP contribution is -2.28. The molecule has 0 bridgehead atoms. The molecule has 3 aromatic carbocycles. The molecule has 0 radical (unpaired) electrons. The number of sulfonamides is 1. The fourth-order valence-corrected chi connectivity index (χ4v) is 3.70. The maximum absolute atomic E-state index is 12.3. The summed E-state index contributed by atoms with van der Waals surface area (Å²) in [5, 5.41) is 13.1. The summed E-state index contributed by atoms with van der Waals surface area (Å²) in [5.41, 5.74) is -0.463. The van der Waals surface area contributed by atoms with Crippen molar-refractivity contribution >= 4 is 26.5 Å². The third-order valence-electron chi connectivity index (χ3n) is 3.74. The molecule has 0 fully saturated rings. The number of nitro benzene ring substituents is 1. The number of benzene rings is 3. The van der Waals surface area contributed by atoms with Gasteiger partial charge in [0.25, 0.3) is 5.69 Å². The van der Waals surface area contributed by atoms with Gasteiger partial charge < -0.3 is 4.74 Å². The van der Waals surface area contributed by atoms with Crippen LogP contribution >= 0.6 is 0 Å². The lowest BCUT2D eigenvalue weighted by molar-refractivity contribution is -0.387. The van der Waals surface area contributed by atoms with E-state index < -0.39 is 20.6 Å². The first-order valence-corrected chi connectivity index (χ1v) is 9.30. The van der Waals surface area contributed by atoms with E-state index in [-0.39, 0.29) is 18.0 Å². The molecule has 26 heavy (non-hydrogen) atoms. The van der Waals surface area contributed by atoms with Crippen molar-refractivity contribution in [3.63, 3.8) is 0 Å². The molecular formula is C18H16N2O5S. The second kappa shape index (κ2) is 7.51. The van der Waals surface area contributed by atoms with Crippen molar-refractivity contribution in [1.82, 2.24) is 4.72 Å². The van der Waals surface area contributed by atoms with Gasteiger partial charge in [0.15, 0.2) is 4.90 Å². The number of rotatable bonds is 7. The van der Waals surface area contributed by atoms with Gasteiger partial charge >= 0.3 is 0 Å². The van der Waals surface area contributed by atoms with Gasteiger partial charge in [-0.15, -0.1) is 0 Å². The van der Waals surface area contributed by atoms with Gasteiger partial charge in [-0.3, -0.25) is 10.1 Å². The molecule has 3 aromatic rings. The van der Waals surface area contributed by atoms with Gasteiger partial charge in [-0.25, -0.2) is 13.1 Å². The monoisotopic (exact) mass is 372 g/mol. The molecule has 7 nitrogen and oxygen atoms in total. The van der Waals surface area contributed by atoms with Crippen LogP contribution in [0.1, 0.15) is 0 Å². The van der Waals surface area contributed by atoms with Gasteiger partial charge in [0, 0.05) is 12.6 Å². The Bertz CT molecular complexity index is 1050. The lowest BCUT2D eigenvalue weighted by Gasteiger charge is -2.09. The maximum Gasteiger partial charge on any atom is 0.289 e. The van der Waals surface area contributed by atoms with Crippen LogP contribution in [-0.2, 0) is 10.0 Å². The predicted octanol–water partition coefficient (Wildman–Crippen LogP) is 3.11. The summed E-state index contributed by atoms with van der Waals surface area (Å²) in [5.74, 6) is 0.619.